The number of nitrogens with one attached hydrogen (secondary N) is 1. The predicted molar refractivity (Wildman–Crippen MR) is 143 cm³/mol. The van der Waals surface area contributed by atoms with Gasteiger partial charge in [0.1, 0.15) is 12.3 Å². The van der Waals surface area contributed by atoms with Gasteiger partial charge in [0.2, 0.25) is 5.91 Å². The maximum Gasteiger partial charge on any atom is 0.264 e. The van der Waals surface area contributed by atoms with Crippen molar-refractivity contribution in [3.63, 3.8) is 0 Å². The molecule has 0 saturated heterocycles. The number of methoxy groups -OCH3 is 1. The summed E-state index contributed by atoms with van der Waals surface area (Å²) in [6.07, 6.45) is 0.678. The topological polar surface area (TPSA) is 75.7 Å². The molecule has 3 aromatic rings. The highest BCUT2D eigenvalue weighted by Gasteiger charge is 2.28. The Morgan fingerprint density at radius 3 is 2.26 bits per heavy atom. The molecule has 6 nitrogen and oxygen atoms in total. The van der Waals surface area contributed by atoms with Crippen LogP contribution in [0.15, 0.2) is 70.0 Å². The molecule has 0 aromatic heterocycles. The third-order valence-corrected chi connectivity index (χ3v) is 8.39. The average Bonchev–Trinajstić information content (AvgIpc) is 2.83. The number of amides is 1. The summed E-state index contributed by atoms with van der Waals surface area (Å²) in [5.41, 5.74) is 4.72. The van der Waals surface area contributed by atoms with Crippen molar-refractivity contribution < 1.29 is 17.9 Å². The van der Waals surface area contributed by atoms with Gasteiger partial charge in [-0.2, -0.15) is 0 Å². The summed E-state index contributed by atoms with van der Waals surface area (Å²) in [7, 11) is -2.53. The molecule has 3 rings (SSSR count). The van der Waals surface area contributed by atoms with E-state index in [4.69, 9.17) is 4.74 Å². The van der Waals surface area contributed by atoms with Crippen LogP contribution < -0.4 is 14.4 Å². The zero-order chi connectivity index (χ0) is 25.8. The van der Waals surface area contributed by atoms with Gasteiger partial charge in [-0.25, -0.2) is 8.42 Å². The summed E-state index contributed by atoms with van der Waals surface area (Å²) in [5.74, 6) is 0.134. The van der Waals surface area contributed by atoms with Crippen molar-refractivity contribution in [3.8, 4) is 5.75 Å². The van der Waals surface area contributed by atoms with E-state index in [9.17, 15) is 13.2 Å². The molecule has 0 saturated carbocycles. The molecular formula is C27H31BrN2O4S. The van der Waals surface area contributed by atoms with Crippen molar-refractivity contribution in [3.05, 3.63) is 87.4 Å². The minimum absolute atomic E-state index is 0.0553. The van der Waals surface area contributed by atoms with Crippen molar-refractivity contribution in [1.82, 2.24) is 5.32 Å². The second-order valence-electron chi connectivity index (χ2n) is 8.52. The Balaban J connectivity index is 1.94. The Morgan fingerprint density at radius 2 is 1.69 bits per heavy atom. The van der Waals surface area contributed by atoms with Gasteiger partial charge in [0.25, 0.3) is 10.0 Å². The van der Waals surface area contributed by atoms with Crippen LogP contribution in [0.3, 0.4) is 0 Å². The van der Waals surface area contributed by atoms with E-state index < -0.39 is 10.0 Å². The van der Waals surface area contributed by atoms with Crippen LogP contribution >= 0.6 is 15.9 Å². The van der Waals surface area contributed by atoms with Gasteiger partial charge in [0.15, 0.2) is 0 Å². The molecule has 0 radical (unpaired) electrons. The van der Waals surface area contributed by atoms with E-state index >= 15 is 0 Å². The highest BCUT2D eigenvalue weighted by molar-refractivity contribution is 9.10. The number of benzene rings is 3. The monoisotopic (exact) mass is 558 g/mol. The Labute approximate surface area is 216 Å². The summed E-state index contributed by atoms with van der Waals surface area (Å²) in [6, 6.07) is 17.5. The van der Waals surface area contributed by atoms with E-state index in [-0.39, 0.29) is 23.4 Å². The molecule has 0 bridgehead atoms. The summed E-state index contributed by atoms with van der Waals surface area (Å²) >= 11 is 3.36. The third kappa shape index (κ3) is 6.24. The number of aryl methyl sites for hydroxylation is 3. The molecule has 35 heavy (non-hydrogen) atoms. The molecule has 0 aliphatic carbocycles. The Morgan fingerprint density at radius 1 is 1.00 bits per heavy atom. The second kappa shape index (κ2) is 11.3. The van der Waals surface area contributed by atoms with E-state index in [1.165, 1.54) is 24.8 Å². The number of ether oxygens (including phenoxy) is 1. The van der Waals surface area contributed by atoms with Gasteiger partial charge in [-0.1, -0.05) is 42.8 Å². The van der Waals surface area contributed by atoms with Crippen LogP contribution in [0.2, 0.25) is 0 Å². The van der Waals surface area contributed by atoms with E-state index in [1.54, 1.807) is 18.2 Å². The summed E-state index contributed by atoms with van der Waals surface area (Å²) in [4.78, 5) is 13.2. The number of hydrogen-bond acceptors (Lipinski definition) is 4. The number of carbonyl (C=O) groups is 1. The van der Waals surface area contributed by atoms with Gasteiger partial charge in [0, 0.05) is 0 Å². The fraction of sp³-hybridized carbons (Fsp3) is 0.296. The first-order valence-corrected chi connectivity index (χ1v) is 13.6. The minimum Gasteiger partial charge on any atom is -0.496 e. The van der Waals surface area contributed by atoms with Crippen LogP contribution in [0.25, 0.3) is 0 Å². The lowest BCUT2D eigenvalue weighted by Crippen LogP contribution is -2.42. The average molecular weight is 560 g/mol. The second-order valence-corrected chi connectivity index (χ2v) is 11.2. The lowest BCUT2D eigenvalue weighted by Gasteiger charge is -2.26. The predicted octanol–water partition coefficient (Wildman–Crippen LogP) is 5.85. The summed E-state index contributed by atoms with van der Waals surface area (Å²) < 4.78 is 34.3. The SMILES string of the molecule is CCC(NC(=O)CN(c1ccc(C)cc1)S(=O)(=O)c1ccc(OC)c(Br)c1)c1ccc(C)c(C)c1. The van der Waals surface area contributed by atoms with Gasteiger partial charge >= 0.3 is 0 Å². The van der Waals surface area contributed by atoms with Crippen molar-refractivity contribution in [2.75, 3.05) is 18.0 Å². The van der Waals surface area contributed by atoms with Gasteiger partial charge in [0.05, 0.1) is 28.2 Å². The number of rotatable bonds is 9. The fourth-order valence-corrected chi connectivity index (χ4v) is 5.87. The zero-order valence-corrected chi connectivity index (χ0v) is 23.0. The van der Waals surface area contributed by atoms with Crippen LogP contribution in [0, 0.1) is 20.8 Å². The molecule has 8 heteroatoms. The lowest BCUT2D eigenvalue weighted by atomic mass is 9.99. The van der Waals surface area contributed by atoms with Crippen molar-refractivity contribution in [2.45, 2.75) is 45.1 Å². The number of carbonyl (C=O) groups excluding carboxylic acids is 1. The molecule has 0 aliphatic heterocycles. The zero-order valence-electron chi connectivity index (χ0n) is 20.6. The van der Waals surface area contributed by atoms with Gasteiger partial charge in [-0.3, -0.25) is 9.10 Å². The van der Waals surface area contributed by atoms with Crippen molar-refractivity contribution in [1.29, 1.82) is 0 Å². The fourth-order valence-electron chi connectivity index (χ4n) is 3.73. The van der Waals surface area contributed by atoms with Gasteiger partial charge in [-0.05, 0) is 90.1 Å². The van der Waals surface area contributed by atoms with E-state index in [0.29, 0.717) is 22.3 Å². The first-order chi connectivity index (χ1) is 16.6. The van der Waals surface area contributed by atoms with Gasteiger partial charge < -0.3 is 10.1 Å². The smallest absolute Gasteiger partial charge is 0.264 e. The van der Waals surface area contributed by atoms with Crippen LogP contribution in [0.4, 0.5) is 5.69 Å². The Bertz CT molecular complexity index is 1310. The van der Waals surface area contributed by atoms with E-state index in [0.717, 1.165) is 21.0 Å². The molecule has 0 spiro atoms. The molecule has 186 valence electrons. The van der Waals surface area contributed by atoms with Crippen LogP contribution in [0.5, 0.6) is 5.75 Å². The number of nitrogens with zero attached hydrogens (tertiary/aromatic N) is 1. The lowest BCUT2D eigenvalue weighted by molar-refractivity contribution is -0.120. The molecule has 1 amide bonds. The molecule has 3 aromatic carbocycles. The maximum absolute atomic E-state index is 13.7. The molecule has 0 aliphatic rings. The minimum atomic E-state index is -4.04. The molecule has 1 atom stereocenters. The van der Waals surface area contributed by atoms with Crippen molar-refractivity contribution in [2.24, 2.45) is 0 Å². The maximum atomic E-state index is 13.7. The molecule has 0 fully saturated rings. The number of sulfonamides is 1. The highest BCUT2D eigenvalue weighted by atomic mass is 79.9. The Kier molecular flexibility index (Phi) is 8.61. The largest absolute Gasteiger partial charge is 0.496 e. The van der Waals surface area contributed by atoms with Gasteiger partial charge in [-0.15, -0.1) is 0 Å². The van der Waals surface area contributed by atoms with E-state index in [1.807, 2.05) is 52.0 Å². The normalized spacial score (nSPS) is 12.2. The van der Waals surface area contributed by atoms with Crippen LogP contribution in [-0.2, 0) is 14.8 Å². The third-order valence-electron chi connectivity index (χ3n) is 6.00. The van der Waals surface area contributed by atoms with Crippen LogP contribution in [0.1, 0.15) is 41.6 Å². The summed E-state index contributed by atoms with van der Waals surface area (Å²) in [6.45, 7) is 7.64. The standard InChI is InChI=1S/C27H31BrN2O4S/c1-6-25(21-10-9-19(3)20(4)15-21)29-27(31)17-30(22-11-7-18(2)8-12-22)35(32,33)23-13-14-26(34-5)24(28)16-23/h7-16,25H,6,17H2,1-5H3,(H,29,31). The number of halogens is 1. The highest BCUT2D eigenvalue weighted by Crippen LogP contribution is 2.31. The molecular weight excluding hydrogens is 528 g/mol. The molecule has 0 heterocycles. The first-order valence-electron chi connectivity index (χ1n) is 11.4. The number of anilines is 1. The Hall–Kier alpha value is -2.84. The summed E-state index contributed by atoms with van der Waals surface area (Å²) in [5, 5.41) is 3.02. The first kappa shape index (κ1) is 26.8. The molecule has 1 unspecified atom stereocenters. The number of hydrogen-bond donors (Lipinski definition) is 1. The van der Waals surface area contributed by atoms with E-state index in [2.05, 4.69) is 27.3 Å². The van der Waals surface area contributed by atoms with Crippen LogP contribution in [-0.4, -0.2) is 28.0 Å². The molecule has 1 N–H and O–H groups in total. The quantitative estimate of drug-likeness (QED) is 0.357. The van der Waals surface area contributed by atoms with Crippen molar-refractivity contribution >= 4 is 37.5 Å².